The van der Waals surface area contributed by atoms with Crippen LogP contribution in [0.1, 0.15) is 20.3 Å². The molecular formula is C14H16N2O. The van der Waals surface area contributed by atoms with Gasteiger partial charge in [-0.1, -0.05) is 23.6 Å². The Morgan fingerprint density at radius 3 is 2.65 bits per heavy atom. The molecule has 0 radical (unpaired) electrons. The van der Waals surface area contributed by atoms with Gasteiger partial charge in [0.15, 0.2) is 6.19 Å². The summed E-state index contributed by atoms with van der Waals surface area (Å²) in [6.07, 6.45) is 12.2. The second kappa shape index (κ2) is 7.96. The van der Waals surface area contributed by atoms with E-state index in [0.29, 0.717) is 18.5 Å². The lowest BCUT2D eigenvalue weighted by Gasteiger charge is -2.13. The van der Waals surface area contributed by atoms with Gasteiger partial charge in [0.05, 0.1) is 0 Å². The number of hydrogen-bond donors (Lipinski definition) is 0. The Morgan fingerprint density at radius 1 is 1.53 bits per heavy atom. The summed E-state index contributed by atoms with van der Waals surface area (Å²) in [5.74, 6) is 2.01. The fourth-order valence-corrected chi connectivity index (χ4v) is 1.03. The van der Waals surface area contributed by atoms with Crippen LogP contribution in [0.15, 0.2) is 36.0 Å². The average molecular weight is 228 g/mol. The average Bonchev–Trinajstić information content (AvgIpc) is 2.29. The number of nitrogens with zero attached hydrogens (tertiary/aromatic N) is 2. The number of nitriles is 1. The van der Waals surface area contributed by atoms with Crippen LogP contribution in [0.4, 0.5) is 0 Å². The van der Waals surface area contributed by atoms with Crippen molar-refractivity contribution in [1.29, 1.82) is 5.26 Å². The molecule has 3 heteroatoms. The quantitative estimate of drug-likeness (QED) is 0.181. The number of carbonyl (C=O) groups is 1. The van der Waals surface area contributed by atoms with E-state index in [1.165, 1.54) is 6.08 Å². The molecule has 0 aromatic carbocycles. The molecule has 0 fully saturated rings. The minimum Gasteiger partial charge on any atom is -0.268 e. The van der Waals surface area contributed by atoms with E-state index in [9.17, 15) is 4.79 Å². The summed E-state index contributed by atoms with van der Waals surface area (Å²) in [4.78, 5) is 12.9. The van der Waals surface area contributed by atoms with Crippen molar-refractivity contribution in [1.82, 2.24) is 4.90 Å². The molecule has 0 atom stereocenters. The summed E-state index contributed by atoms with van der Waals surface area (Å²) in [6.45, 7) is 7.59. The summed E-state index contributed by atoms with van der Waals surface area (Å²) in [6, 6.07) is 0. The Balaban J connectivity index is 4.60. The third-order valence-electron chi connectivity index (χ3n) is 2.00. The molecular weight excluding hydrogens is 212 g/mol. The lowest BCUT2D eigenvalue weighted by molar-refractivity contribution is -0.124. The minimum absolute atomic E-state index is 0.310. The zero-order valence-corrected chi connectivity index (χ0v) is 10.2. The molecule has 0 bridgehead atoms. The van der Waals surface area contributed by atoms with Crippen LogP contribution in [0.25, 0.3) is 0 Å². The largest absolute Gasteiger partial charge is 0.268 e. The first-order valence-corrected chi connectivity index (χ1v) is 5.18. The molecule has 0 aliphatic carbocycles. The van der Waals surface area contributed by atoms with Crippen molar-refractivity contribution in [3.63, 3.8) is 0 Å². The second-order valence-electron chi connectivity index (χ2n) is 3.64. The summed E-state index contributed by atoms with van der Waals surface area (Å²) in [7, 11) is 0. The summed E-state index contributed by atoms with van der Waals surface area (Å²) >= 11 is 0. The zero-order chi connectivity index (χ0) is 13.3. The second-order valence-corrected chi connectivity index (χ2v) is 3.64. The Kier molecular flexibility index (Phi) is 6.90. The maximum atomic E-state index is 11.8. The Morgan fingerprint density at radius 2 is 2.18 bits per heavy atom. The SMILES string of the molecule is C#C/C=C\C=C(/C)C(=O)N(C#N)CCC(=C)C. The molecule has 0 N–H and O–H groups in total. The standard InChI is InChI=1S/C14H16N2O/c1-5-6-7-8-13(4)14(17)16(11-15)10-9-12(2)3/h1,6-8H,2,9-10H2,3-4H3/b7-6-,13-8+. The lowest BCUT2D eigenvalue weighted by atomic mass is 10.2. The predicted octanol–water partition coefficient (Wildman–Crippen LogP) is 2.40. The van der Waals surface area contributed by atoms with E-state index < -0.39 is 0 Å². The van der Waals surface area contributed by atoms with Crippen LogP contribution in [0.2, 0.25) is 0 Å². The van der Waals surface area contributed by atoms with Gasteiger partial charge in [-0.3, -0.25) is 4.79 Å². The van der Waals surface area contributed by atoms with Crippen molar-refractivity contribution in [2.75, 3.05) is 6.54 Å². The molecule has 0 spiro atoms. The topological polar surface area (TPSA) is 44.1 Å². The first kappa shape index (κ1) is 14.7. The van der Waals surface area contributed by atoms with Crippen LogP contribution in [0, 0.1) is 23.8 Å². The molecule has 3 nitrogen and oxygen atoms in total. The molecule has 0 heterocycles. The van der Waals surface area contributed by atoms with Gasteiger partial charge in [0.25, 0.3) is 5.91 Å². The highest BCUT2D eigenvalue weighted by Gasteiger charge is 2.13. The van der Waals surface area contributed by atoms with Crippen LogP contribution in [0.5, 0.6) is 0 Å². The van der Waals surface area contributed by atoms with Crippen molar-refractivity contribution in [2.24, 2.45) is 0 Å². The lowest BCUT2D eigenvalue weighted by Crippen LogP contribution is -2.27. The number of hydrogen-bond acceptors (Lipinski definition) is 2. The summed E-state index contributed by atoms with van der Waals surface area (Å²) < 4.78 is 0. The van der Waals surface area contributed by atoms with Crippen molar-refractivity contribution in [3.8, 4) is 18.5 Å². The van der Waals surface area contributed by atoms with E-state index >= 15 is 0 Å². The predicted molar refractivity (Wildman–Crippen MR) is 68.5 cm³/mol. The number of terminal acetylenes is 1. The van der Waals surface area contributed by atoms with Gasteiger partial charge in [-0.2, -0.15) is 5.26 Å². The molecule has 0 saturated heterocycles. The van der Waals surface area contributed by atoms with Crippen LogP contribution < -0.4 is 0 Å². The molecule has 17 heavy (non-hydrogen) atoms. The highest BCUT2D eigenvalue weighted by molar-refractivity contribution is 5.94. The maximum Gasteiger partial charge on any atom is 0.262 e. The fourth-order valence-electron chi connectivity index (χ4n) is 1.03. The van der Waals surface area contributed by atoms with Crippen LogP contribution in [0.3, 0.4) is 0 Å². The van der Waals surface area contributed by atoms with E-state index in [1.54, 1.807) is 19.1 Å². The molecule has 0 saturated carbocycles. The molecule has 1 amide bonds. The highest BCUT2D eigenvalue weighted by atomic mass is 16.2. The molecule has 0 aliphatic rings. The molecule has 0 aromatic rings. The van der Waals surface area contributed by atoms with Crippen molar-refractivity contribution in [3.05, 3.63) is 36.0 Å². The Bertz CT molecular complexity index is 430. The number of rotatable bonds is 5. The number of carbonyl (C=O) groups excluding carboxylic acids is 1. The first-order chi connectivity index (χ1) is 8.02. The van der Waals surface area contributed by atoms with Gasteiger partial charge in [0, 0.05) is 12.1 Å². The van der Waals surface area contributed by atoms with Crippen molar-refractivity contribution >= 4 is 5.91 Å². The van der Waals surface area contributed by atoms with Gasteiger partial charge in [-0.15, -0.1) is 13.0 Å². The molecule has 0 aliphatic heterocycles. The van der Waals surface area contributed by atoms with Gasteiger partial charge in [-0.05, 0) is 26.3 Å². The van der Waals surface area contributed by atoms with Gasteiger partial charge in [0.1, 0.15) is 0 Å². The van der Waals surface area contributed by atoms with E-state index in [1.807, 2.05) is 13.1 Å². The smallest absolute Gasteiger partial charge is 0.262 e. The van der Waals surface area contributed by atoms with Crippen LogP contribution >= 0.6 is 0 Å². The van der Waals surface area contributed by atoms with Crippen molar-refractivity contribution in [2.45, 2.75) is 20.3 Å². The van der Waals surface area contributed by atoms with Gasteiger partial charge in [-0.25, -0.2) is 4.90 Å². The summed E-state index contributed by atoms with van der Waals surface area (Å²) in [5, 5.41) is 8.88. The summed E-state index contributed by atoms with van der Waals surface area (Å²) in [5.41, 5.74) is 1.41. The normalized spacial score (nSPS) is 10.7. The number of amides is 1. The zero-order valence-electron chi connectivity index (χ0n) is 10.2. The monoisotopic (exact) mass is 228 g/mol. The molecule has 0 rings (SSSR count). The van der Waals surface area contributed by atoms with E-state index in [2.05, 4.69) is 12.5 Å². The molecule has 88 valence electrons. The molecule has 0 unspecified atom stereocenters. The van der Waals surface area contributed by atoms with E-state index in [-0.39, 0.29) is 5.91 Å². The van der Waals surface area contributed by atoms with E-state index in [0.717, 1.165) is 10.5 Å². The van der Waals surface area contributed by atoms with Gasteiger partial charge in [0.2, 0.25) is 0 Å². The molecule has 0 aromatic heterocycles. The van der Waals surface area contributed by atoms with Crippen LogP contribution in [-0.4, -0.2) is 17.4 Å². The third kappa shape index (κ3) is 6.02. The Hall–Kier alpha value is -2.26. The van der Waals surface area contributed by atoms with Gasteiger partial charge >= 0.3 is 0 Å². The highest BCUT2D eigenvalue weighted by Crippen LogP contribution is 2.04. The Labute approximate surface area is 103 Å². The maximum absolute atomic E-state index is 11.8. The fraction of sp³-hybridized carbons (Fsp3) is 0.286. The first-order valence-electron chi connectivity index (χ1n) is 5.18. The number of allylic oxidation sites excluding steroid dienone is 3. The minimum atomic E-state index is -0.310. The van der Waals surface area contributed by atoms with Crippen LogP contribution in [-0.2, 0) is 4.79 Å². The third-order valence-corrected chi connectivity index (χ3v) is 2.00. The van der Waals surface area contributed by atoms with Gasteiger partial charge < -0.3 is 0 Å². The van der Waals surface area contributed by atoms with E-state index in [4.69, 9.17) is 11.7 Å². The van der Waals surface area contributed by atoms with Crippen molar-refractivity contribution < 1.29 is 4.79 Å².